The number of benzene rings is 1. The normalized spacial score (nSPS) is 10.2. The molecule has 2 rings (SSSR count). The third-order valence-corrected chi connectivity index (χ3v) is 2.67. The summed E-state index contributed by atoms with van der Waals surface area (Å²) in [6, 6.07) is 6.86. The highest BCUT2D eigenvalue weighted by Gasteiger charge is 2.16. The highest BCUT2D eigenvalue weighted by atomic mass is 35.5. The van der Waals surface area contributed by atoms with Gasteiger partial charge in [0.1, 0.15) is 0 Å². The Morgan fingerprint density at radius 1 is 1.29 bits per heavy atom. The molecule has 0 radical (unpaired) electrons. The summed E-state index contributed by atoms with van der Waals surface area (Å²) >= 11 is 5.79. The van der Waals surface area contributed by atoms with Gasteiger partial charge in [0, 0.05) is 10.6 Å². The molecule has 1 N–H and O–H groups in total. The lowest BCUT2D eigenvalue weighted by atomic mass is 10.2. The Balaban J connectivity index is 1.96. The molecule has 2 aromatic rings. The van der Waals surface area contributed by atoms with Crippen LogP contribution in [-0.2, 0) is 20.9 Å². The number of nitrogens with zero attached hydrogens (tertiary/aromatic N) is 2. The predicted octanol–water partition coefficient (Wildman–Crippen LogP) is 1.57. The van der Waals surface area contributed by atoms with Gasteiger partial charge in [0.2, 0.25) is 11.8 Å². The molecule has 0 bridgehead atoms. The highest BCUT2D eigenvalue weighted by molar-refractivity contribution is 6.32. The second kappa shape index (κ2) is 6.85. The van der Waals surface area contributed by atoms with E-state index in [1.54, 1.807) is 31.2 Å². The van der Waals surface area contributed by atoms with Crippen LogP contribution in [-0.4, -0.2) is 28.7 Å². The molecular formula is C13H12ClN3O4. The van der Waals surface area contributed by atoms with Gasteiger partial charge in [-0.2, -0.15) is 0 Å². The standard InChI is InChI=1S/C13H12ClN3O4/c1-2-20-13(19)11(18)15-7-10-16-17-12(21-10)8-3-5-9(14)6-4-8/h3-6H,2,7H2,1H3,(H,15,18). The fourth-order valence-corrected chi connectivity index (χ4v) is 1.58. The van der Waals surface area contributed by atoms with Gasteiger partial charge in [-0.05, 0) is 31.2 Å². The third-order valence-electron chi connectivity index (χ3n) is 2.42. The van der Waals surface area contributed by atoms with E-state index in [0.717, 1.165) is 0 Å². The second-order valence-electron chi connectivity index (χ2n) is 3.91. The van der Waals surface area contributed by atoms with Crippen LogP contribution in [0.1, 0.15) is 12.8 Å². The van der Waals surface area contributed by atoms with Crippen LogP contribution in [0.25, 0.3) is 11.5 Å². The van der Waals surface area contributed by atoms with Gasteiger partial charge in [-0.25, -0.2) is 4.79 Å². The summed E-state index contributed by atoms with van der Waals surface area (Å²) in [5, 5.41) is 10.5. The number of hydrogen-bond donors (Lipinski definition) is 1. The van der Waals surface area contributed by atoms with Crippen LogP contribution in [0.5, 0.6) is 0 Å². The Morgan fingerprint density at radius 3 is 2.67 bits per heavy atom. The van der Waals surface area contributed by atoms with Crippen LogP contribution < -0.4 is 5.32 Å². The molecule has 1 amide bonds. The van der Waals surface area contributed by atoms with Crippen molar-refractivity contribution in [2.75, 3.05) is 6.61 Å². The van der Waals surface area contributed by atoms with E-state index in [2.05, 4.69) is 20.3 Å². The van der Waals surface area contributed by atoms with Crippen molar-refractivity contribution >= 4 is 23.5 Å². The number of amides is 1. The molecule has 0 saturated heterocycles. The van der Waals surface area contributed by atoms with E-state index >= 15 is 0 Å². The quantitative estimate of drug-likeness (QED) is 0.680. The largest absolute Gasteiger partial charge is 0.459 e. The topological polar surface area (TPSA) is 94.3 Å². The SMILES string of the molecule is CCOC(=O)C(=O)NCc1nnc(-c2ccc(Cl)cc2)o1. The van der Waals surface area contributed by atoms with Crippen molar-refractivity contribution < 1.29 is 18.7 Å². The fourth-order valence-electron chi connectivity index (χ4n) is 1.46. The smallest absolute Gasteiger partial charge is 0.396 e. The Bertz CT molecular complexity index is 639. The molecule has 1 aromatic heterocycles. The molecular weight excluding hydrogens is 298 g/mol. The number of halogens is 1. The summed E-state index contributed by atoms with van der Waals surface area (Å²) < 4.78 is 9.92. The van der Waals surface area contributed by atoms with E-state index in [9.17, 15) is 9.59 Å². The van der Waals surface area contributed by atoms with Crippen LogP contribution in [0, 0.1) is 0 Å². The van der Waals surface area contributed by atoms with E-state index in [1.165, 1.54) is 0 Å². The third kappa shape index (κ3) is 4.03. The number of rotatable bonds is 4. The van der Waals surface area contributed by atoms with Gasteiger partial charge in [-0.3, -0.25) is 4.79 Å². The van der Waals surface area contributed by atoms with Crippen molar-refractivity contribution in [2.24, 2.45) is 0 Å². The fraction of sp³-hybridized carbons (Fsp3) is 0.231. The summed E-state index contributed by atoms with van der Waals surface area (Å²) in [4.78, 5) is 22.4. The van der Waals surface area contributed by atoms with Crippen LogP contribution in [0.2, 0.25) is 5.02 Å². The molecule has 8 heteroatoms. The first-order valence-electron chi connectivity index (χ1n) is 6.13. The maximum atomic E-state index is 11.3. The molecule has 0 aliphatic heterocycles. The van der Waals surface area contributed by atoms with Gasteiger partial charge >= 0.3 is 11.9 Å². The molecule has 21 heavy (non-hydrogen) atoms. The van der Waals surface area contributed by atoms with Crippen molar-refractivity contribution in [1.29, 1.82) is 0 Å². The van der Waals surface area contributed by atoms with Crippen LogP contribution >= 0.6 is 11.6 Å². The Labute approximate surface area is 125 Å². The number of nitrogens with one attached hydrogen (secondary N) is 1. The molecule has 0 fully saturated rings. The summed E-state index contributed by atoms with van der Waals surface area (Å²) in [7, 11) is 0. The molecule has 7 nitrogen and oxygen atoms in total. The number of carbonyl (C=O) groups is 2. The molecule has 0 unspecified atom stereocenters. The van der Waals surface area contributed by atoms with Gasteiger partial charge in [0.15, 0.2) is 0 Å². The minimum Gasteiger partial charge on any atom is -0.459 e. The average Bonchev–Trinajstić information content (AvgIpc) is 2.94. The molecule has 0 aliphatic rings. The van der Waals surface area contributed by atoms with E-state index in [1.807, 2.05) is 0 Å². The minimum absolute atomic E-state index is 0.0573. The summed E-state index contributed by atoms with van der Waals surface area (Å²) in [6.07, 6.45) is 0. The number of hydrogen-bond acceptors (Lipinski definition) is 6. The molecule has 0 saturated carbocycles. The van der Waals surface area contributed by atoms with Crippen molar-refractivity contribution in [3.05, 3.63) is 35.2 Å². The van der Waals surface area contributed by atoms with Crippen molar-refractivity contribution in [3.63, 3.8) is 0 Å². The minimum atomic E-state index is -0.949. The maximum absolute atomic E-state index is 11.3. The summed E-state index contributed by atoms with van der Waals surface area (Å²) in [5.41, 5.74) is 0.704. The second-order valence-corrected chi connectivity index (χ2v) is 4.35. The van der Waals surface area contributed by atoms with E-state index in [0.29, 0.717) is 16.5 Å². The van der Waals surface area contributed by atoms with Crippen molar-refractivity contribution in [2.45, 2.75) is 13.5 Å². The van der Waals surface area contributed by atoms with Crippen LogP contribution in [0.3, 0.4) is 0 Å². The maximum Gasteiger partial charge on any atom is 0.396 e. The number of ether oxygens (including phenoxy) is 1. The lowest BCUT2D eigenvalue weighted by Crippen LogP contribution is -2.32. The zero-order chi connectivity index (χ0) is 15.2. The summed E-state index contributed by atoms with van der Waals surface area (Å²) in [6.45, 7) is 1.69. The first kappa shape index (κ1) is 15.0. The van der Waals surface area contributed by atoms with Gasteiger partial charge in [-0.15, -0.1) is 10.2 Å². The number of aromatic nitrogens is 2. The molecule has 0 aliphatic carbocycles. The van der Waals surface area contributed by atoms with Crippen LogP contribution in [0.4, 0.5) is 0 Å². The molecule has 110 valence electrons. The zero-order valence-electron chi connectivity index (χ0n) is 11.1. The van der Waals surface area contributed by atoms with Gasteiger partial charge < -0.3 is 14.5 Å². The number of esters is 1. The Kier molecular flexibility index (Phi) is 4.89. The Hall–Kier alpha value is -2.41. The van der Waals surface area contributed by atoms with Gasteiger partial charge in [-0.1, -0.05) is 11.6 Å². The number of carbonyl (C=O) groups excluding carboxylic acids is 2. The molecule has 1 aromatic carbocycles. The lowest BCUT2D eigenvalue weighted by Gasteiger charge is -2.01. The average molecular weight is 310 g/mol. The monoisotopic (exact) mass is 309 g/mol. The molecule has 1 heterocycles. The Morgan fingerprint density at radius 2 is 2.00 bits per heavy atom. The van der Waals surface area contributed by atoms with Crippen molar-refractivity contribution in [3.8, 4) is 11.5 Å². The first-order valence-corrected chi connectivity index (χ1v) is 6.51. The lowest BCUT2D eigenvalue weighted by molar-refractivity contribution is -0.154. The van der Waals surface area contributed by atoms with Crippen LogP contribution in [0.15, 0.2) is 28.7 Å². The molecule has 0 spiro atoms. The molecule has 0 atom stereocenters. The predicted molar refractivity (Wildman–Crippen MR) is 73.2 cm³/mol. The van der Waals surface area contributed by atoms with E-state index in [4.69, 9.17) is 16.0 Å². The van der Waals surface area contributed by atoms with E-state index in [-0.39, 0.29) is 19.0 Å². The highest BCUT2D eigenvalue weighted by Crippen LogP contribution is 2.19. The zero-order valence-corrected chi connectivity index (χ0v) is 11.9. The van der Waals surface area contributed by atoms with E-state index < -0.39 is 11.9 Å². The first-order chi connectivity index (χ1) is 10.1. The summed E-state index contributed by atoms with van der Waals surface area (Å²) in [5.74, 6) is -1.33. The van der Waals surface area contributed by atoms with Crippen molar-refractivity contribution in [1.82, 2.24) is 15.5 Å². The van der Waals surface area contributed by atoms with Gasteiger partial charge in [0.05, 0.1) is 13.2 Å². The van der Waals surface area contributed by atoms with Gasteiger partial charge in [0.25, 0.3) is 0 Å².